The minimum absolute atomic E-state index is 0.779. The van der Waals surface area contributed by atoms with E-state index in [2.05, 4.69) is 39.3 Å². The van der Waals surface area contributed by atoms with Crippen molar-refractivity contribution in [2.45, 2.75) is 13.5 Å². The van der Waals surface area contributed by atoms with Crippen LogP contribution in [0.3, 0.4) is 0 Å². The van der Waals surface area contributed by atoms with Crippen molar-refractivity contribution in [1.82, 2.24) is 19.9 Å². The first-order valence-electron chi connectivity index (χ1n) is 5.53. The molecular weight excluding hydrogens is 234 g/mol. The summed E-state index contributed by atoms with van der Waals surface area (Å²) in [5.41, 5.74) is 1.78. The highest BCUT2D eigenvalue weighted by Crippen LogP contribution is 2.16. The van der Waals surface area contributed by atoms with E-state index >= 15 is 0 Å². The minimum Gasteiger partial charge on any atom is -0.329 e. The zero-order valence-corrected chi connectivity index (χ0v) is 10.7. The molecule has 88 valence electrons. The number of nitrogens with one attached hydrogen (secondary N) is 1. The Morgan fingerprint density at radius 2 is 2.35 bits per heavy atom. The maximum Gasteiger partial charge on any atom is 0.190 e. The van der Waals surface area contributed by atoms with Gasteiger partial charge in [-0.25, -0.2) is 15.0 Å². The van der Waals surface area contributed by atoms with Crippen molar-refractivity contribution in [3.8, 4) is 0 Å². The Balaban J connectivity index is 1.83. The number of aryl methyl sites for hydroxylation is 1. The van der Waals surface area contributed by atoms with E-state index in [4.69, 9.17) is 0 Å². The number of hydrogen-bond donors (Lipinski definition) is 1. The quantitative estimate of drug-likeness (QED) is 0.822. The molecule has 0 saturated carbocycles. The number of nitrogens with zero attached hydrogens (tertiary/aromatic N) is 4. The molecule has 0 bridgehead atoms. The van der Waals surface area contributed by atoms with Gasteiger partial charge in [-0.15, -0.1) is 0 Å². The Labute approximate surface area is 103 Å². The molecule has 1 unspecified atom stereocenters. The Bertz CT molecular complexity index is 576. The molecule has 6 heteroatoms. The minimum atomic E-state index is 0.779. The van der Waals surface area contributed by atoms with Crippen molar-refractivity contribution in [1.29, 1.82) is 0 Å². The predicted octanol–water partition coefficient (Wildman–Crippen LogP) is 0.154. The van der Waals surface area contributed by atoms with Crippen LogP contribution in [0.5, 0.6) is 0 Å². The summed E-state index contributed by atoms with van der Waals surface area (Å²) in [6, 6.07) is 0. The number of thiazole rings is 1. The van der Waals surface area contributed by atoms with Gasteiger partial charge in [0.1, 0.15) is 18.4 Å². The lowest BCUT2D eigenvalue weighted by atomic mass is 10.4. The van der Waals surface area contributed by atoms with E-state index < -0.39 is 0 Å². The van der Waals surface area contributed by atoms with Gasteiger partial charge in [0.25, 0.3) is 0 Å². The van der Waals surface area contributed by atoms with Gasteiger partial charge in [0.2, 0.25) is 0 Å². The molecule has 0 fully saturated rings. The van der Waals surface area contributed by atoms with Gasteiger partial charge in [0, 0.05) is 7.05 Å². The molecule has 3 rings (SSSR count). The third-order valence-corrected chi connectivity index (χ3v) is 3.57. The van der Waals surface area contributed by atoms with Crippen LogP contribution in [-0.4, -0.2) is 33.6 Å². The van der Waals surface area contributed by atoms with Gasteiger partial charge in [-0.2, -0.15) is 0 Å². The molecular formula is C11H14N5S+. The molecule has 1 N–H and O–H groups in total. The van der Waals surface area contributed by atoms with Crippen molar-refractivity contribution in [3.05, 3.63) is 29.3 Å². The second kappa shape index (κ2) is 4.05. The van der Waals surface area contributed by atoms with Gasteiger partial charge in [0.15, 0.2) is 17.1 Å². The third-order valence-electron chi connectivity index (χ3n) is 2.70. The molecule has 0 radical (unpaired) electrons. The summed E-state index contributed by atoms with van der Waals surface area (Å²) in [4.78, 5) is 17.8. The van der Waals surface area contributed by atoms with Crippen molar-refractivity contribution >= 4 is 21.8 Å². The standard InChI is InChI=1S/C11H13N5S/c1-8-13-10-11(17-8)12-5-9(14-10)6-16-4-3-15(2)7-16/h3-5H,6-7H2,1-2H3/p+1. The summed E-state index contributed by atoms with van der Waals surface area (Å²) in [6.45, 7) is 3.83. The molecule has 2 aromatic heterocycles. The molecule has 1 aliphatic heterocycles. The Morgan fingerprint density at radius 1 is 1.47 bits per heavy atom. The number of rotatable bonds is 2. The van der Waals surface area contributed by atoms with Gasteiger partial charge in [-0.3, -0.25) is 4.90 Å². The Hall–Kier alpha value is -1.53. The highest BCUT2D eigenvalue weighted by Gasteiger charge is 2.15. The summed E-state index contributed by atoms with van der Waals surface area (Å²) < 4.78 is 0. The van der Waals surface area contributed by atoms with Crippen LogP contribution in [0.4, 0.5) is 0 Å². The molecule has 0 aromatic carbocycles. The number of fused-ring (bicyclic) bond motifs is 1. The van der Waals surface area contributed by atoms with Crippen LogP contribution in [0.15, 0.2) is 18.6 Å². The first-order valence-corrected chi connectivity index (χ1v) is 6.34. The second-order valence-electron chi connectivity index (χ2n) is 4.29. The average molecular weight is 248 g/mol. The van der Waals surface area contributed by atoms with Crippen molar-refractivity contribution in [2.75, 3.05) is 13.7 Å². The van der Waals surface area contributed by atoms with Crippen LogP contribution >= 0.6 is 11.3 Å². The topological polar surface area (TPSA) is 46.4 Å². The molecule has 0 spiro atoms. The molecule has 1 atom stereocenters. The largest absolute Gasteiger partial charge is 0.329 e. The van der Waals surface area contributed by atoms with Crippen LogP contribution in [0.2, 0.25) is 0 Å². The molecule has 17 heavy (non-hydrogen) atoms. The van der Waals surface area contributed by atoms with Gasteiger partial charge in [-0.05, 0) is 6.92 Å². The third kappa shape index (κ3) is 2.13. The lowest BCUT2D eigenvalue weighted by Crippen LogP contribution is -3.05. The van der Waals surface area contributed by atoms with Crippen LogP contribution < -0.4 is 4.90 Å². The van der Waals surface area contributed by atoms with Gasteiger partial charge in [0.05, 0.1) is 17.4 Å². The zero-order chi connectivity index (χ0) is 11.8. The van der Waals surface area contributed by atoms with E-state index in [1.807, 2.05) is 13.1 Å². The lowest BCUT2D eigenvalue weighted by Gasteiger charge is -2.11. The molecule has 0 saturated heterocycles. The molecule has 0 amide bonds. The normalized spacial score (nSPS) is 19.4. The van der Waals surface area contributed by atoms with Crippen molar-refractivity contribution in [2.24, 2.45) is 0 Å². The Morgan fingerprint density at radius 3 is 3.12 bits per heavy atom. The van der Waals surface area contributed by atoms with E-state index in [9.17, 15) is 0 Å². The highest BCUT2D eigenvalue weighted by atomic mass is 32.1. The van der Waals surface area contributed by atoms with Gasteiger partial charge < -0.3 is 4.90 Å². The smallest absolute Gasteiger partial charge is 0.190 e. The summed E-state index contributed by atoms with van der Waals surface area (Å²) in [7, 11) is 2.07. The van der Waals surface area contributed by atoms with Crippen molar-refractivity contribution in [3.63, 3.8) is 0 Å². The fraction of sp³-hybridized carbons (Fsp3) is 0.364. The van der Waals surface area contributed by atoms with Gasteiger partial charge >= 0.3 is 0 Å². The van der Waals surface area contributed by atoms with E-state index in [1.165, 1.54) is 4.90 Å². The van der Waals surface area contributed by atoms with Crippen LogP contribution in [-0.2, 0) is 6.54 Å². The van der Waals surface area contributed by atoms with E-state index in [1.54, 1.807) is 11.3 Å². The maximum absolute atomic E-state index is 4.55. The summed E-state index contributed by atoms with van der Waals surface area (Å²) in [5, 5.41) is 1.02. The summed E-state index contributed by atoms with van der Waals surface area (Å²) in [5.74, 6) is 0. The summed E-state index contributed by atoms with van der Waals surface area (Å²) >= 11 is 1.59. The van der Waals surface area contributed by atoms with Crippen LogP contribution in [0, 0.1) is 6.92 Å². The van der Waals surface area contributed by atoms with E-state index in [-0.39, 0.29) is 0 Å². The van der Waals surface area contributed by atoms with Gasteiger partial charge in [-0.1, -0.05) is 11.3 Å². The molecule has 3 heterocycles. The highest BCUT2D eigenvalue weighted by molar-refractivity contribution is 7.18. The van der Waals surface area contributed by atoms with E-state index in [0.717, 1.165) is 34.4 Å². The molecule has 1 aliphatic rings. The average Bonchev–Trinajstić information content (AvgIpc) is 2.83. The molecule has 0 aliphatic carbocycles. The van der Waals surface area contributed by atoms with E-state index in [0.29, 0.717) is 0 Å². The molecule has 2 aromatic rings. The van der Waals surface area contributed by atoms with Crippen molar-refractivity contribution < 1.29 is 4.90 Å². The SMILES string of the molecule is Cc1nc2nc(C[NH+]3C=CN(C)C3)cnc2s1. The predicted molar refractivity (Wildman–Crippen MR) is 66.4 cm³/mol. The van der Waals surface area contributed by atoms with Crippen LogP contribution in [0.25, 0.3) is 10.5 Å². The first kappa shape index (κ1) is 10.6. The number of hydrogen-bond acceptors (Lipinski definition) is 5. The number of quaternary nitrogens is 1. The fourth-order valence-electron chi connectivity index (χ4n) is 1.95. The second-order valence-corrected chi connectivity index (χ2v) is 5.47. The first-order chi connectivity index (χ1) is 8.20. The summed E-state index contributed by atoms with van der Waals surface area (Å²) in [6.07, 6.45) is 6.10. The molecule has 5 nitrogen and oxygen atoms in total. The maximum atomic E-state index is 4.55. The lowest BCUT2D eigenvalue weighted by molar-refractivity contribution is -0.863. The fourth-order valence-corrected chi connectivity index (χ4v) is 2.65. The Kier molecular flexibility index (Phi) is 2.53. The monoisotopic (exact) mass is 248 g/mol. The number of aromatic nitrogens is 3. The zero-order valence-electron chi connectivity index (χ0n) is 9.84. The van der Waals surface area contributed by atoms with Crippen LogP contribution in [0.1, 0.15) is 10.7 Å².